The summed E-state index contributed by atoms with van der Waals surface area (Å²) in [4.78, 5) is 20.6. The van der Waals surface area contributed by atoms with Gasteiger partial charge in [0.05, 0.1) is 0 Å². The zero-order valence-corrected chi connectivity index (χ0v) is 14.9. The van der Waals surface area contributed by atoms with Crippen LogP contribution in [0.3, 0.4) is 0 Å². The smallest absolute Gasteiger partial charge is 0.248 e. The highest BCUT2D eigenvalue weighted by Gasteiger charge is 2.08. The van der Waals surface area contributed by atoms with Crippen LogP contribution in [-0.2, 0) is 4.79 Å². The number of aromatic nitrogens is 2. The average Bonchev–Trinajstić information content (AvgIpc) is 3.12. The number of nitrogens with zero attached hydrogens (tertiary/aromatic N) is 2. The van der Waals surface area contributed by atoms with Gasteiger partial charge in [-0.1, -0.05) is 23.7 Å². The molecule has 2 aromatic carbocycles. The zero-order chi connectivity index (χ0) is 18.6. The summed E-state index contributed by atoms with van der Waals surface area (Å²) in [6.45, 7) is 0. The lowest BCUT2D eigenvalue weighted by Crippen LogP contribution is -2.07. The van der Waals surface area contributed by atoms with E-state index >= 15 is 0 Å². The summed E-state index contributed by atoms with van der Waals surface area (Å²) < 4.78 is 5.69. The fraction of sp³-hybridized carbons (Fsp3) is 0. The van der Waals surface area contributed by atoms with Crippen LogP contribution in [0.15, 0.2) is 77.4 Å². The van der Waals surface area contributed by atoms with E-state index in [1.807, 2.05) is 30.3 Å². The molecule has 0 aliphatic heterocycles. The van der Waals surface area contributed by atoms with Crippen molar-refractivity contribution < 1.29 is 9.21 Å². The zero-order valence-electron chi connectivity index (χ0n) is 14.1. The number of anilines is 1. The average molecular weight is 376 g/mol. The summed E-state index contributed by atoms with van der Waals surface area (Å²) in [5.74, 6) is 0.271. The predicted octanol–water partition coefficient (Wildman–Crippen LogP) is 5.20. The van der Waals surface area contributed by atoms with E-state index in [0.717, 1.165) is 11.1 Å². The van der Waals surface area contributed by atoms with Crippen molar-refractivity contribution in [2.75, 3.05) is 5.32 Å². The number of oxazole rings is 1. The number of hydrogen-bond donors (Lipinski definition) is 1. The van der Waals surface area contributed by atoms with Crippen molar-refractivity contribution >= 4 is 40.5 Å². The highest BCUT2D eigenvalue weighted by Crippen LogP contribution is 2.24. The topological polar surface area (TPSA) is 68.0 Å². The lowest BCUT2D eigenvalue weighted by atomic mass is 10.2. The van der Waals surface area contributed by atoms with E-state index in [0.29, 0.717) is 27.8 Å². The van der Waals surface area contributed by atoms with Gasteiger partial charge in [-0.2, -0.15) is 4.98 Å². The maximum absolute atomic E-state index is 12.1. The number of carbonyl (C=O) groups is 1. The van der Waals surface area contributed by atoms with E-state index in [4.69, 9.17) is 16.0 Å². The van der Waals surface area contributed by atoms with Gasteiger partial charge in [-0.15, -0.1) is 0 Å². The molecule has 1 amide bonds. The molecule has 0 atom stereocenters. The van der Waals surface area contributed by atoms with Crippen molar-refractivity contribution in [3.63, 3.8) is 0 Å². The second kappa shape index (κ2) is 7.43. The van der Waals surface area contributed by atoms with Gasteiger partial charge in [-0.3, -0.25) is 4.79 Å². The van der Waals surface area contributed by atoms with Gasteiger partial charge in [-0.25, -0.2) is 4.98 Å². The second-order valence-corrected chi connectivity index (χ2v) is 6.23. The first-order valence-electron chi connectivity index (χ1n) is 8.24. The molecule has 0 unspecified atom stereocenters. The molecule has 0 saturated heterocycles. The molecule has 0 saturated carbocycles. The van der Waals surface area contributed by atoms with E-state index in [1.54, 1.807) is 42.6 Å². The van der Waals surface area contributed by atoms with Crippen LogP contribution in [0.1, 0.15) is 5.56 Å². The molecule has 27 heavy (non-hydrogen) atoms. The van der Waals surface area contributed by atoms with Crippen LogP contribution in [0.25, 0.3) is 28.8 Å². The molecule has 0 bridgehead atoms. The third kappa shape index (κ3) is 4.04. The van der Waals surface area contributed by atoms with Crippen LogP contribution >= 0.6 is 11.6 Å². The molecule has 0 fully saturated rings. The van der Waals surface area contributed by atoms with Crippen molar-refractivity contribution in [2.24, 2.45) is 0 Å². The number of fused-ring (bicyclic) bond motifs is 1. The molecule has 0 aliphatic carbocycles. The molecule has 4 rings (SSSR count). The Bertz CT molecular complexity index is 1080. The normalized spacial score (nSPS) is 11.1. The molecule has 0 spiro atoms. The number of nitrogens with one attached hydrogen (secondary N) is 1. The Morgan fingerprint density at radius 2 is 1.81 bits per heavy atom. The molecule has 2 heterocycles. The Kier molecular flexibility index (Phi) is 4.68. The molecule has 5 nitrogen and oxygen atoms in total. The molecule has 0 radical (unpaired) electrons. The van der Waals surface area contributed by atoms with E-state index in [2.05, 4.69) is 15.3 Å². The lowest BCUT2D eigenvalue weighted by Gasteiger charge is -2.03. The molecule has 1 N–H and O–H groups in total. The number of halogens is 1. The fourth-order valence-electron chi connectivity index (χ4n) is 2.52. The maximum Gasteiger partial charge on any atom is 0.248 e. The second-order valence-electron chi connectivity index (χ2n) is 5.80. The third-order valence-electron chi connectivity index (χ3n) is 3.86. The van der Waals surface area contributed by atoms with Crippen LogP contribution in [0, 0.1) is 0 Å². The van der Waals surface area contributed by atoms with Crippen LogP contribution in [0.5, 0.6) is 0 Å². The molecule has 2 aromatic heterocycles. The minimum Gasteiger partial charge on any atom is -0.434 e. The van der Waals surface area contributed by atoms with Crippen molar-refractivity contribution in [3.8, 4) is 11.5 Å². The monoisotopic (exact) mass is 375 g/mol. The maximum atomic E-state index is 12.1. The number of pyridine rings is 1. The number of rotatable bonds is 4. The van der Waals surface area contributed by atoms with Gasteiger partial charge in [0.1, 0.15) is 0 Å². The summed E-state index contributed by atoms with van der Waals surface area (Å²) in [6.07, 6.45) is 4.87. The van der Waals surface area contributed by atoms with Crippen LogP contribution in [-0.4, -0.2) is 15.9 Å². The fourth-order valence-corrected chi connectivity index (χ4v) is 2.64. The van der Waals surface area contributed by atoms with Crippen molar-refractivity contribution in [3.05, 3.63) is 83.5 Å². The first-order chi connectivity index (χ1) is 13.2. The van der Waals surface area contributed by atoms with Gasteiger partial charge in [0.2, 0.25) is 11.8 Å². The van der Waals surface area contributed by atoms with E-state index in [-0.39, 0.29) is 5.91 Å². The Hall–Kier alpha value is -3.44. The van der Waals surface area contributed by atoms with Gasteiger partial charge < -0.3 is 9.73 Å². The SMILES string of the molecule is O=C(C=Cc1ccc(Cl)cc1)Nc1ccc(-c2nc3ncccc3o2)cc1. The molecular formula is C21H14ClN3O2. The quantitative estimate of drug-likeness (QED) is 0.498. The summed E-state index contributed by atoms with van der Waals surface area (Å²) in [7, 11) is 0. The van der Waals surface area contributed by atoms with E-state index < -0.39 is 0 Å². The van der Waals surface area contributed by atoms with E-state index in [9.17, 15) is 4.79 Å². The number of benzene rings is 2. The van der Waals surface area contributed by atoms with Crippen LogP contribution < -0.4 is 5.32 Å². The van der Waals surface area contributed by atoms with Gasteiger partial charge >= 0.3 is 0 Å². The standard InChI is InChI=1S/C21H14ClN3O2/c22-16-8-3-14(4-9-16)5-12-19(26)24-17-10-6-15(7-11-17)21-25-20-18(27-21)2-1-13-23-20/h1-13H,(H,24,26). The summed E-state index contributed by atoms with van der Waals surface area (Å²) >= 11 is 5.84. The Morgan fingerprint density at radius 1 is 1.04 bits per heavy atom. The van der Waals surface area contributed by atoms with E-state index in [1.165, 1.54) is 6.08 Å². The number of carbonyl (C=O) groups excluding carboxylic acids is 1. The minimum absolute atomic E-state index is 0.219. The highest BCUT2D eigenvalue weighted by molar-refractivity contribution is 6.30. The van der Waals surface area contributed by atoms with Crippen LogP contribution in [0.2, 0.25) is 5.02 Å². The molecule has 0 aliphatic rings. The molecule has 4 aromatic rings. The number of hydrogen-bond acceptors (Lipinski definition) is 4. The van der Waals surface area contributed by atoms with Crippen molar-refractivity contribution in [2.45, 2.75) is 0 Å². The van der Waals surface area contributed by atoms with Gasteiger partial charge in [0, 0.05) is 28.5 Å². The Morgan fingerprint density at radius 3 is 2.56 bits per heavy atom. The Labute approximate surface area is 160 Å². The molecule has 6 heteroatoms. The summed E-state index contributed by atoms with van der Waals surface area (Å²) in [5.41, 5.74) is 3.59. The van der Waals surface area contributed by atoms with Crippen molar-refractivity contribution in [1.82, 2.24) is 9.97 Å². The Balaban J connectivity index is 1.44. The largest absolute Gasteiger partial charge is 0.434 e. The van der Waals surface area contributed by atoms with Gasteiger partial charge in [-0.05, 0) is 60.2 Å². The van der Waals surface area contributed by atoms with Crippen molar-refractivity contribution in [1.29, 1.82) is 0 Å². The highest BCUT2D eigenvalue weighted by atomic mass is 35.5. The molecular weight excluding hydrogens is 362 g/mol. The number of amides is 1. The lowest BCUT2D eigenvalue weighted by molar-refractivity contribution is -0.111. The minimum atomic E-state index is -0.219. The van der Waals surface area contributed by atoms with Gasteiger partial charge in [0.25, 0.3) is 0 Å². The summed E-state index contributed by atoms with van der Waals surface area (Å²) in [5, 5.41) is 3.47. The van der Waals surface area contributed by atoms with Crippen LogP contribution in [0.4, 0.5) is 5.69 Å². The summed E-state index contributed by atoms with van der Waals surface area (Å²) in [6, 6.07) is 18.1. The molecule has 132 valence electrons. The van der Waals surface area contributed by atoms with Gasteiger partial charge in [0.15, 0.2) is 11.2 Å². The first kappa shape index (κ1) is 17.0. The third-order valence-corrected chi connectivity index (χ3v) is 4.11. The predicted molar refractivity (Wildman–Crippen MR) is 106 cm³/mol. The first-order valence-corrected chi connectivity index (χ1v) is 8.62.